The van der Waals surface area contributed by atoms with Gasteiger partial charge in [-0.25, -0.2) is 8.42 Å². The number of nitrogens with one attached hydrogen (secondary N) is 1. The third-order valence-electron chi connectivity index (χ3n) is 2.95. The van der Waals surface area contributed by atoms with Crippen molar-refractivity contribution < 1.29 is 17.9 Å². The van der Waals surface area contributed by atoms with E-state index in [9.17, 15) is 13.2 Å². The Morgan fingerprint density at radius 3 is 2.77 bits per heavy atom. The molecule has 0 fully saturated rings. The van der Waals surface area contributed by atoms with Crippen LogP contribution in [0.1, 0.15) is 12.8 Å². The van der Waals surface area contributed by atoms with E-state index in [0.717, 1.165) is 6.26 Å². The molecule has 6 nitrogen and oxygen atoms in total. The van der Waals surface area contributed by atoms with Crippen LogP contribution in [-0.2, 0) is 14.8 Å². The van der Waals surface area contributed by atoms with Gasteiger partial charge in [-0.1, -0.05) is 12.1 Å². The van der Waals surface area contributed by atoms with Crippen LogP contribution in [0.2, 0.25) is 0 Å². The number of sulfonamides is 1. The van der Waals surface area contributed by atoms with Gasteiger partial charge in [-0.15, -0.1) is 6.58 Å². The molecule has 22 heavy (non-hydrogen) atoms. The van der Waals surface area contributed by atoms with E-state index in [2.05, 4.69) is 11.9 Å². The summed E-state index contributed by atoms with van der Waals surface area (Å²) in [6, 6.07) is 6.82. The number of carbonyl (C=O) groups is 1. The van der Waals surface area contributed by atoms with Gasteiger partial charge in [-0.2, -0.15) is 0 Å². The van der Waals surface area contributed by atoms with Crippen LogP contribution in [-0.4, -0.2) is 40.8 Å². The summed E-state index contributed by atoms with van der Waals surface area (Å²) in [5.74, 6) is 0.453. The van der Waals surface area contributed by atoms with Crippen LogP contribution in [0.4, 0.5) is 5.69 Å². The maximum Gasteiger partial charge on any atom is 0.232 e. The summed E-state index contributed by atoms with van der Waals surface area (Å²) in [4.78, 5) is 11.5. The average molecular weight is 326 g/mol. The Morgan fingerprint density at radius 2 is 2.18 bits per heavy atom. The van der Waals surface area contributed by atoms with Crippen LogP contribution in [0.5, 0.6) is 5.75 Å². The highest BCUT2D eigenvalue weighted by atomic mass is 32.2. The highest BCUT2D eigenvalue weighted by Gasteiger charge is 2.18. The van der Waals surface area contributed by atoms with Crippen molar-refractivity contribution in [1.82, 2.24) is 5.32 Å². The molecule has 0 unspecified atom stereocenters. The first kappa shape index (κ1) is 18.0. The van der Waals surface area contributed by atoms with E-state index in [-0.39, 0.29) is 18.9 Å². The van der Waals surface area contributed by atoms with E-state index in [1.807, 2.05) is 0 Å². The molecule has 0 saturated heterocycles. The van der Waals surface area contributed by atoms with Crippen molar-refractivity contribution in [1.29, 1.82) is 0 Å². The molecule has 0 radical (unpaired) electrons. The molecular formula is C15H22N2O4S. The molecule has 0 saturated carbocycles. The number of benzene rings is 1. The Kier molecular flexibility index (Phi) is 6.91. The summed E-state index contributed by atoms with van der Waals surface area (Å²) >= 11 is 0. The molecule has 0 aliphatic rings. The third kappa shape index (κ3) is 5.77. The molecular weight excluding hydrogens is 304 g/mol. The predicted octanol–water partition coefficient (Wildman–Crippen LogP) is 1.54. The summed E-state index contributed by atoms with van der Waals surface area (Å²) < 4.78 is 30.3. The zero-order valence-corrected chi connectivity index (χ0v) is 13.7. The summed E-state index contributed by atoms with van der Waals surface area (Å²) in [6.07, 6.45) is 3.41. The van der Waals surface area contributed by atoms with Crippen LogP contribution >= 0.6 is 0 Å². The highest BCUT2D eigenvalue weighted by molar-refractivity contribution is 7.92. The summed E-state index contributed by atoms with van der Waals surface area (Å²) in [6.45, 7) is 4.15. The van der Waals surface area contributed by atoms with Gasteiger partial charge in [-0.3, -0.25) is 9.10 Å². The van der Waals surface area contributed by atoms with E-state index in [1.165, 1.54) is 11.4 Å². The lowest BCUT2D eigenvalue weighted by molar-refractivity contribution is -0.120. The van der Waals surface area contributed by atoms with Gasteiger partial charge in [-0.05, 0) is 18.6 Å². The van der Waals surface area contributed by atoms with Crippen molar-refractivity contribution in [2.75, 3.05) is 30.8 Å². The van der Waals surface area contributed by atoms with E-state index in [0.29, 0.717) is 24.4 Å². The Labute approximate surface area is 131 Å². The number of rotatable bonds is 9. The SMILES string of the molecule is C=CCNC(=O)CCCN(c1cccc(OC)c1)S(C)(=O)=O. The molecule has 1 N–H and O–H groups in total. The standard InChI is InChI=1S/C15H22N2O4S/c1-4-10-16-15(18)9-6-11-17(22(3,19)20)13-7-5-8-14(12-13)21-2/h4-5,7-8,12H,1,6,9-11H2,2-3H3,(H,16,18). The number of hydrogen-bond acceptors (Lipinski definition) is 4. The van der Waals surface area contributed by atoms with E-state index in [4.69, 9.17) is 4.74 Å². The van der Waals surface area contributed by atoms with Gasteiger partial charge in [0.2, 0.25) is 15.9 Å². The molecule has 0 spiro atoms. The van der Waals surface area contributed by atoms with Crippen molar-refractivity contribution >= 4 is 21.6 Å². The fourth-order valence-electron chi connectivity index (χ4n) is 1.91. The van der Waals surface area contributed by atoms with E-state index in [1.54, 1.807) is 30.3 Å². The fourth-order valence-corrected chi connectivity index (χ4v) is 2.87. The first-order valence-corrected chi connectivity index (χ1v) is 8.72. The van der Waals surface area contributed by atoms with E-state index < -0.39 is 10.0 Å². The number of carbonyl (C=O) groups excluding carboxylic acids is 1. The lowest BCUT2D eigenvalue weighted by Gasteiger charge is -2.22. The smallest absolute Gasteiger partial charge is 0.232 e. The maximum absolute atomic E-state index is 12.0. The van der Waals surface area contributed by atoms with Gasteiger partial charge in [0.15, 0.2) is 0 Å². The molecule has 1 amide bonds. The second-order valence-corrected chi connectivity index (χ2v) is 6.64. The van der Waals surface area contributed by atoms with Crippen molar-refractivity contribution in [2.45, 2.75) is 12.8 Å². The molecule has 0 atom stereocenters. The molecule has 1 aromatic rings. The summed E-state index contributed by atoms with van der Waals surface area (Å²) in [5, 5.41) is 2.66. The first-order valence-electron chi connectivity index (χ1n) is 6.88. The fraction of sp³-hybridized carbons (Fsp3) is 0.400. The second-order valence-electron chi connectivity index (χ2n) is 4.73. The lowest BCUT2D eigenvalue weighted by atomic mass is 10.2. The van der Waals surface area contributed by atoms with Gasteiger partial charge < -0.3 is 10.1 Å². The average Bonchev–Trinajstić information content (AvgIpc) is 2.48. The number of hydrogen-bond donors (Lipinski definition) is 1. The van der Waals surface area contributed by atoms with Crippen LogP contribution in [0.25, 0.3) is 0 Å². The number of amides is 1. The summed E-state index contributed by atoms with van der Waals surface area (Å²) in [7, 11) is -1.91. The minimum absolute atomic E-state index is 0.126. The quantitative estimate of drug-likeness (QED) is 0.699. The van der Waals surface area contributed by atoms with Crippen LogP contribution in [0, 0.1) is 0 Å². The number of ether oxygens (including phenoxy) is 1. The lowest BCUT2D eigenvalue weighted by Crippen LogP contribution is -2.32. The van der Waals surface area contributed by atoms with Gasteiger partial charge in [0, 0.05) is 25.6 Å². The first-order chi connectivity index (χ1) is 10.4. The number of methoxy groups -OCH3 is 1. The van der Waals surface area contributed by atoms with Crippen molar-refractivity contribution in [3.8, 4) is 5.75 Å². The molecule has 0 aromatic heterocycles. The number of anilines is 1. The maximum atomic E-state index is 12.0. The van der Waals surface area contributed by atoms with Crippen molar-refractivity contribution in [3.63, 3.8) is 0 Å². The van der Waals surface area contributed by atoms with Crippen LogP contribution < -0.4 is 14.4 Å². The molecule has 0 heterocycles. The van der Waals surface area contributed by atoms with Gasteiger partial charge >= 0.3 is 0 Å². The molecule has 7 heteroatoms. The zero-order valence-electron chi connectivity index (χ0n) is 12.9. The Balaban J connectivity index is 2.74. The third-order valence-corrected chi connectivity index (χ3v) is 4.14. The normalized spacial score (nSPS) is 10.8. The molecule has 0 aliphatic carbocycles. The molecule has 122 valence electrons. The molecule has 1 aromatic carbocycles. The molecule has 0 aliphatic heterocycles. The van der Waals surface area contributed by atoms with Gasteiger partial charge in [0.1, 0.15) is 5.75 Å². The Bertz CT molecular complexity index is 614. The minimum Gasteiger partial charge on any atom is -0.497 e. The Morgan fingerprint density at radius 1 is 1.45 bits per heavy atom. The predicted molar refractivity (Wildman–Crippen MR) is 87.6 cm³/mol. The summed E-state index contributed by atoms with van der Waals surface area (Å²) in [5.41, 5.74) is 0.522. The molecule has 0 bridgehead atoms. The van der Waals surface area contributed by atoms with E-state index >= 15 is 0 Å². The van der Waals surface area contributed by atoms with Gasteiger partial charge in [0.25, 0.3) is 0 Å². The van der Waals surface area contributed by atoms with Crippen LogP contribution in [0.3, 0.4) is 0 Å². The van der Waals surface area contributed by atoms with Crippen molar-refractivity contribution in [2.24, 2.45) is 0 Å². The van der Waals surface area contributed by atoms with Crippen LogP contribution in [0.15, 0.2) is 36.9 Å². The monoisotopic (exact) mass is 326 g/mol. The Hall–Kier alpha value is -2.02. The topological polar surface area (TPSA) is 75.7 Å². The minimum atomic E-state index is -3.43. The van der Waals surface area contributed by atoms with Crippen molar-refractivity contribution in [3.05, 3.63) is 36.9 Å². The zero-order chi connectivity index (χ0) is 16.6. The highest BCUT2D eigenvalue weighted by Crippen LogP contribution is 2.23. The largest absolute Gasteiger partial charge is 0.497 e. The van der Waals surface area contributed by atoms with Gasteiger partial charge in [0.05, 0.1) is 19.1 Å². The number of nitrogens with zero attached hydrogens (tertiary/aromatic N) is 1. The molecule has 1 rings (SSSR count). The second kappa shape index (κ2) is 8.43.